The summed E-state index contributed by atoms with van der Waals surface area (Å²) in [4.78, 5) is 22.3. The Labute approximate surface area is 210 Å². The summed E-state index contributed by atoms with van der Waals surface area (Å²) in [7, 11) is 0. The van der Waals surface area contributed by atoms with Gasteiger partial charge in [-0.3, -0.25) is 9.36 Å². The Balaban J connectivity index is 1.64. The highest BCUT2D eigenvalue weighted by atomic mass is 19.1. The number of hydrogen-bond donors (Lipinski definition) is 2. The standard InChI is InChI=1S/C28H21FN6O2/c1-16(22-14-17-7-5-6-10-20(17)28(37)34(22)19-8-3-2-4-9-19)35-27-24(26(30)31-15-32-27)25(33-35)18-11-12-23(36)21(29)13-18/h2-16,36H,1H3,(H2,30,31,32)/t16-/m0/s1. The Kier molecular flexibility index (Phi) is 5.19. The van der Waals surface area contributed by atoms with Crippen molar-refractivity contribution < 1.29 is 9.50 Å². The molecule has 0 saturated carbocycles. The molecule has 0 aliphatic heterocycles. The van der Waals surface area contributed by atoms with Crippen molar-refractivity contribution in [2.75, 3.05) is 5.73 Å². The minimum Gasteiger partial charge on any atom is -0.505 e. The molecular formula is C28H21FN6O2. The zero-order valence-corrected chi connectivity index (χ0v) is 19.7. The van der Waals surface area contributed by atoms with Gasteiger partial charge in [0.1, 0.15) is 17.8 Å². The third-order valence-electron chi connectivity index (χ3n) is 6.50. The Morgan fingerprint density at radius 1 is 0.973 bits per heavy atom. The lowest BCUT2D eigenvalue weighted by atomic mass is 10.1. The summed E-state index contributed by atoms with van der Waals surface area (Å²) in [5, 5.41) is 16.3. The number of nitrogen functional groups attached to an aromatic ring is 1. The van der Waals surface area contributed by atoms with E-state index in [1.54, 1.807) is 21.4 Å². The van der Waals surface area contributed by atoms with Crippen LogP contribution in [-0.4, -0.2) is 29.4 Å². The molecule has 0 spiro atoms. The first-order chi connectivity index (χ1) is 17.9. The fourth-order valence-electron chi connectivity index (χ4n) is 4.68. The summed E-state index contributed by atoms with van der Waals surface area (Å²) in [6, 6.07) is 22.3. The molecule has 3 heterocycles. The van der Waals surface area contributed by atoms with Crippen LogP contribution in [0.1, 0.15) is 18.7 Å². The van der Waals surface area contributed by atoms with Crippen LogP contribution in [0.3, 0.4) is 0 Å². The number of phenols is 1. The number of nitrogens with two attached hydrogens (primary N) is 1. The molecule has 0 bridgehead atoms. The van der Waals surface area contributed by atoms with E-state index in [-0.39, 0.29) is 11.4 Å². The zero-order chi connectivity index (χ0) is 25.7. The van der Waals surface area contributed by atoms with Crippen LogP contribution in [0.2, 0.25) is 0 Å². The van der Waals surface area contributed by atoms with E-state index in [2.05, 4.69) is 9.97 Å². The molecule has 0 aliphatic rings. The molecule has 0 radical (unpaired) electrons. The highest BCUT2D eigenvalue weighted by Gasteiger charge is 2.24. The van der Waals surface area contributed by atoms with Gasteiger partial charge in [0, 0.05) is 16.6 Å². The molecule has 8 nitrogen and oxygen atoms in total. The molecule has 3 N–H and O–H groups in total. The van der Waals surface area contributed by atoms with Gasteiger partial charge in [-0.15, -0.1) is 0 Å². The predicted molar refractivity (Wildman–Crippen MR) is 140 cm³/mol. The van der Waals surface area contributed by atoms with Crippen LogP contribution in [-0.2, 0) is 0 Å². The van der Waals surface area contributed by atoms with Crippen LogP contribution in [0.4, 0.5) is 10.2 Å². The number of nitrogens with zero attached hydrogens (tertiary/aromatic N) is 5. The maximum Gasteiger partial charge on any atom is 0.263 e. The van der Waals surface area contributed by atoms with Crippen LogP contribution in [0, 0.1) is 5.82 Å². The first-order valence-electron chi connectivity index (χ1n) is 11.6. The number of pyridine rings is 1. The van der Waals surface area contributed by atoms with Crippen LogP contribution in [0.15, 0.2) is 90.0 Å². The molecule has 0 saturated heterocycles. The molecule has 3 aromatic heterocycles. The molecule has 9 heteroatoms. The average Bonchev–Trinajstić information content (AvgIpc) is 3.31. The second kappa shape index (κ2) is 8.56. The summed E-state index contributed by atoms with van der Waals surface area (Å²) >= 11 is 0. The van der Waals surface area contributed by atoms with E-state index in [4.69, 9.17) is 10.8 Å². The molecule has 0 amide bonds. The van der Waals surface area contributed by atoms with Crippen molar-refractivity contribution in [2.45, 2.75) is 13.0 Å². The van der Waals surface area contributed by atoms with E-state index in [9.17, 15) is 14.3 Å². The fraction of sp³-hybridized carbons (Fsp3) is 0.0714. The summed E-state index contributed by atoms with van der Waals surface area (Å²) in [6.45, 7) is 1.91. The minimum absolute atomic E-state index is 0.155. The number of para-hydroxylation sites is 1. The SMILES string of the molecule is C[C@@H](c1cc2ccccc2c(=O)n1-c1ccccc1)n1nc(-c2ccc(O)c(F)c2)c2c(N)ncnc21. The van der Waals surface area contributed by atoms with Crippen molar-refractivity contribution in [3.05, 3.63) is 107 Å². The van der Waals surface area contributed by atoms with E-state index >= 15 is 0 Å². The number of hydrogen-bond acceptors (Lipinski definition) is 6. The number of phenolic OH excluding ortho intramolecular Hbond substituents is 1. The maximum absolute atomic E-state index is 14.2. The van der Waals surface area contributed by atoms with Gasteiger partial charge in [0.25, 0.3) is 5.56 Å². The van der Waals surface area contributed by atoms with Gasteiger partial charge in [-0.2, -0.15) is 5.10 Å². The molecule has 0 unspecified atom stereocenters. The van der Waals surface area contributed by atoms with Gasteiger partial charge >= 0.3 is 0 Å². The van der Waals surface area contributed by atoms with Crippen LogP contribution < -0.4 is 11.3 Å². The van der Waals surface area contributed by atoms with Gasteiger partial charge in [0.2, 0.25) is 0 Å². The van der Waals surface area contributed by atoms with Gasteiger partial charge < -0.3 is 10.8 Å². The zero-order valence-electron chi connectivity index (χ0n) is 19.7. The van der Waals surface area contributed by atoms with E-state index in [0.717, 1.165) is 5.39 Å². The quantitative estimate of drug-likeness (QED) is 0.364. The maximum atomic E-state index is 14.2. The highest BCUT2D eigenvalue weighted by Crippen LogP contribution is 2.35. The summed E-state index contributed by atoms with van der Waals surface area (Å²) in [6.07, 6.45) is 1.34. The molecule has 6 aromatic rings. The van der Waals surface area contributed by atoms with E-state index in [1.165, 1.54) is 18.5 Å². The number of fused-ring (bicyclic) bond motifs is 2. The van der Waals surface area contributed by atoms with Crippen molar-refractivity contribution in [2.24, 2.45) is 0 Å². The van der Waals surface area contributed by atoms with Gasteiger partial charge in [-0.25, -0.2) is 19.0 Å². The van der Waals surface area contributed by atoms with Crippen molar-refractivity contribution in [1.82, 2.24) is 24.3 Å². The summed E-state index contributed by atoms with van der Waals surface area (Å²) in [5.41, 5.74) is 8.68. The summed E-state index contributed by atoms with van der Waals surface area (Å²) < 4.78 is 17.6. The number of benzene rings is 3. The molecule has 3 aromatic carbocycles. The van der Waals surface area contributed by atoms with Gasteiger partial charge in [0.05, 0.1) is 17.1 Å². The van der Waals surface area contributed by atoms with Crippen molar-refractivity contribution >= 4 is 27.6 Å². The number of halogens is 1. The normalized spacial score (nSPS) is 12.3. The van der Waals surface area contributed by atoms with E-state index < -0.39 is 17.6 Å². The first-order valence-corrected chi connectivity index (χ1v) is 11.6. The van der Waals surface area contributed by atoms with E-state index in [1.807, 2.05) is 61.5 Å². The van der Waals surface area contributed by atoms with Crippen LogP contribution in [0.5, 0.6) is 5.75 Å². The van der Waals surface area contributed by atoms with Crippen molar-refractivity contribution in [1.29, 1.82) is 0 Å². The summed E-state index contributed by atoms with van der Waals surface area (Å²) in [5.74, 6) is -1.06. The molecule has 6 rings (SSSR count). The molecule has 182 valence electrons. The lowest BCUT2D eigenvalue weighted by Gasteiger charge is -2.20. The Hall–Kier alpha value is -5.05. The van der Waals surface area contributed by atoms with Gasteiger partial charge in [0.15, 0.2) is 17.2 Å². The third-order valence-corrected chi connectivity index (χ3v) is 6.50. The lowest BCUT2D eigenvalue weighted by molar-refractivity contribution is 0.432. The number of aromatic nitrogens is 5. The number of aromatic hydroxyl groups is 1. The predicted octanol–water partition coefficient (Wildman–Crippen LogP) is 4.83. The number of anilines is 1. The van der Waals surface area contributed by atoms with Gasteiger partial charge in [-0.1, -0.05) is 36.4 Å². The van der Waals surface area contributed by atoms with Crippen LogP contribution in [0.25, 0.3) is 38.8 Å². The minimum atomic E-state index is -0.781. The number of rotatable bonds is 4. The van der Waals surface area contributed by atoms with Crippen molar-refractivity contribution in [3.63, 3.8) is 0 Å². The van der Waals surface area contributed by atoms with Crippen LogP contribution >= 0.6 is 0 Å². The molecular weight excluding hydrogens is 471 g/mol. The fourth-order valence-corrected chi connectivity index (χ4v) is 4.68. The third kappa shape index (κ3) is 3.59. The second-order valence-electron chi connectivity index (χ2n) is 8.73. The molecule has 0 fully saturated rings. The van der Waals surface area contributed by atoms with Crippen molar-refractivity contribution in [3.8, 4) is 22.7 Å². The topological polar surface area (TPSA) is 112 Å². The largest absolute Gasteiger partial charge is 0.505 e. The second-order valence-corrected chi connectivity index (χ2v) is 8.73. The Bertz CT molecular complexity index is 1860. The van der Waals surface area contributed by atoms with E-state index in [0.29, 0.717) is 39.1 Å². The molecule has 1 atom stereocenters. The highest BCUT2D eigenvalue weighted by molar-refractivity contribution is 5.98. The molecule has 37 heavy (non-hydrogen) atoms. The molecule has 0 aliphatic carbocycles. The monoisotopic (exact) mass is 492 g/mol. The Morgan fingerprint density at radius 2 is 1.73 bits per heavy atom. The Morgan fingerprint density at radius 3 is 2.51 bits per heavy atom. The average molecular weight is 493 g/mol. The first kappa shape index (κ1) is 22.4. The van der Waals surface area contributed by atoms with Gasteiger partial charge in [-0.05, 0) is 54.8 Å². The lowest BCUT2D eigenvalue weighted by Crippen LogP contribution is -2.25. The smallest absolute Gasteiger partial charge is 0.263 e.